The lowest BCUT2D eigenvalue weighted by Gasteiger charge is -2.27. The molecule has 0 bridgehead atoms. The van der Waals surface area contributed by atoms with Crippen LogP contribution in [0.2, 0.25) is 0 Å². The highest BCUT2D eigenvalue weighted by Gasteiger charge is 2.33. The first-order valence-electron chi connectivity index (χ1n) is 5.05. The lowest BCUT2D eigenvalue weighted by molar-refractivity contribution is 0.214. The molecule has 4 heteroatoms. The molecule has 0 amide bonds. The van der Waals surface area contributed by atoms with E-state index in [0.29, 0.717) is 0 Å². The minimum absolute atomic E-state index is 0.0930. The van der Waals surface area contributed by atoms with Crippen molar-refractivity contribution in [2.75, 3.05) is 11.9 Å². The van der Waals surface area contributed by atoms with Crippen molar-refractivity contribution in [1.29, 1.82) is 0 Å². The summed E-state index contributed by atoms with van der Waals surface area (Å²) in [4.78, 5) is 4.36. The first kappa shape index (κ1) is 9.93. The fourth-order valence-corrected chi connectivity index (χ4v) is 2.82. The third kappa shape index (κ3) is 1.91. The van der Waals surface area contributed by atoms with Crippen LogP contribution in [-0.2, 0) is 0 Å². The Labute approximate surface area is 88.2 Å². The maximum absolute atomic E-state index is 9.40. The van der Waals surface area contributed by atoms with E-state index in [0.717, 1.165) is 23.7 Å². The summed E-state index contributed by atoms with van der Waals surface area (Å²) >= 11 is 1.62. The zero-order valence-electron chi connectivity index (χ0n) is 8.42. The standard InChI is InChI=1S/C10H16N2OS/c1-8-6-14-9(11-8)12-10(7-13)4-2-3-5-10/h6,13H,2-5,7H2,1H3,(H,11,12). The summed E-state index contributed by atoms with van der Waals surface area (Å²) in [5.74, 6) is 0. The monoisotopic (exact) mass is 212 g/mol. The summed E-state index contributed by atoms with van der Waals surface area (Å²) in [5.41, 5.74) is 0.952. The molecule has 1 aliphatic carbocycles. The number of nitrogens with one attached hydrogen (secondary N) is 1. The van der Waals surface area contributed by atoms with Gasteiger partial charge in [-0.1, -0.05) is 12.8 Å². The molecule has 0 saturated heterocycles. The average Bonchev–Trinajstić information content (AvgIpc) is 2.77. The molecule has 1 heterocycles. The molecule has 1 aromatic rings. The Hall–Kier alpha value is -0.610. The van der Waals surface area contributed by atoms with Crippen LogP contribution in [0, 0.1) is 6.92 Å². The number of rotatable bonds is 3. The zero-order valence-corrected chi connectivity index (χ0v) is 9.23. The number of anilines is 1. The van der Waals surface area contributed by atoms with Crippen LogP contribution in [0.5, 0.6) is 0 Å². The van der Waals surface area contributed by atoms with Gasteiger partial charge in [-0.25, -0.2) is 4.98 Å². The second-order valence-corrected chi connectivity index (χ2v) is 4.92. The van der Waals surface area contributed by atoms with Gasteiger partial charge >= 0.3 is 0 Å². The average molecular weight is 212 g/mol. The van der Waals surface area contributed by atoms with Gasteiger partial charge in [-0.05, 0) is 19.8 Å². The van der Waals surface area contributed by atoms with Crippen molar-refractivity contribution in [3.05, 3.63) is 11.1 Å². The Morgan fingerprint density at radius 3 is 2.79 bits per heavy atom. The second kappa shape index (κ2) is 3.87. The van der Waals surface area contributed by atoms with Gasteiger partial charge in [-0.2, -0.15) is 0 Å². The Kier molecular flexibility index (Phi) is 2.74. The number of thiazole rings is 1. The Balaban J connectivity index is 2.08. The maximum atomic E-state index is 9.40. The largest absolute Gasteiger partial charge is 0.394 e. The van der Waals surface area contributed by atoms with Crippen LogP contribution in [0.3, 0.4) is 0 Å². The molecule has 14 heavy (non-hydrogen) atoms. The SMILES string of the molecule is Cc1csc(NC2(CO)CCCC2)n1. The van der Waals surface area contributed by atoms with Gasteiger partial charge in [0.1, 0.15) is 0 Å². The molecule has 1 aliphatic rings. The summed E-state index contributed by atoms with van der Waals surface area (Å²) in [5, 5.41) is 15.8. The molecule has 1 saturated carbocycles. The predicted molar refractivity (Wildman–Crippen MR) is 58.8 cm³/mol. The van der Waals surface area contributed by atoms with E-state index in [1.165, 1.54) is 12.8 Å². The molecule has 0 aromatic carbocycles. The van der Waals surface area contributed by atoms with Crippen molar-refractivity contribution in [2.24, 2.45) is 0 Å². The van der Waals surface area contributed by atoms with E-state index >= 15 is 0 Å². The summed E-state index contributed by atoms with van der Waals surface area (Å²) in [6, 6.07) is 0. The van der Waals surface area contributed by atoms with Crippen LogP contribution >= 0.6 is 11.3 Å². The Bertz CT molecular complexity index is 305. The van der Waals surface area contributed by atoms with Crippen molar-refractivity contribution < 1.29 is 5.11 Å². The van der Waals surface area contributed by atoms with Gasteiger partial charge in [0.25, 0.3) is 0 Å². The Morgan fingerprint density at radius 2 is 2.29 bits per heavy atom. The molecule has 3 nitrogen and oxygen atoms in total. The molecule has 0 atom stereocenters. The van der Waals surface area contributed by atoms with Crippen molar-refractivity contribution in [3.8, 4) is 0 Å². The van der Waals surface area contributed by atoms with Crippen LogP contribution in [0.25, 0.3) is 0 Å². The van der Waals surface area contributed by atoms with Crippen molar-refractivity contribution in [3.63, 3.8) is 0 Å². The second-order valence-electron chi connectivity index (χ2n) is 4.06. The van der Waals surface area contributed by atoms with Gasteiger partial charge in [0.2, 0.25) is 0 Å². The minimum Gasteiger partial charge on any atom is -0.394 e. The highest BCUT2D eigenvalue weighted by atomic mass is 32.1. The summed E-state index contributed by atoms with van der Waals surface area (Å²) in [7, 11) is 0. The molecular formula is C10H16N2OS. The smallest absolute Gasteiger partial charge is 0.183 e. The van der Waals surface area contributed by atoms with Gasteiger partial charge < -0.3 is 10.4 Å². The van der Waals surface area contributed by atoms with Gasteiger partial charge in [0, 0.05) is 5.38 Å². The van der Waals surface area contributed by atoms with Gasteiger partial charge in [-0.3, -0.25) is 0 Å². The normalized spacial score (nSPS) is 19.9. The van der Waals surface area contributed by atoms with E-state index in [1.54, 1.807) is 11.3 Å². The van der Waals surface area contributed by atoms with Crippen LogP contribution < -0.4 is 5.32 Å². The molecule has 78 valence electrons. The lowest BCUT2D eigenvalue weighted by atomic mass is 10.00. The third-order valence-corrected chi connectivity index (χ3v) is 3.73. The van der Waals surface area contributed by atoms with E-state index in [4.69, 9.17) is 0 Å². The number of aromatic nitrogens is 1. The van der Waals surface area contributed by atoms with Gasteiger partial charge in [-0.15, -0.1) is 11.3 Å². The molecule has 0 unspecified atom stereocenters. The number of aryl methyl sites for hydroxylation is 1. The number of nitrogens with zero attached hydrogens (tertiary/aromatic N) is 1. The number of aliphatic hydroxyl groups is 1. The minimum atomic E-state index is -0.0930. The molecule has 1 fully saturated rings. The molecule has 1 aromatic heterocycles. The van der Waals surface area contributed by atoms with Crippen LogP contribution in [0.1, 0.15) is 31.4 Å². The number of hydrogen-bond donors (Lipinski definition) is 2. The van der Waals surface area contributed by atoms with Crippen LogP contribution in [0.4, 0.5) is 5.13 Å². The third-order valence-electron chi connectivity index (χ3n) is 2.85. The maximum Gasteiger partial charge on any atom is 0.183 e. The summed E-state index contributed by atoms with van der Waals surface area (Å²) in [6.45, 7) is 2.20. The topological polar surface area (TPSA) is 45.1 Å². The van der Waals surface area contributed by atoms with Gasteiger partial charge in [0.15, 0.2) is 5.13 Å². The fraction of sp³-hybridized carbons (Fsp3) is 0.700. The molecule has 0 spiro atoms. The van der Waals surface area contributed by atoms with Gasteiger partial charge in [0.05, 0.1) is 17.8 Å². The van der Waals surface area contributed by atoms with Crippen molar-refractivity contribution in [1.82, 2.24) is 4.98 Å². The highest BCUT2D eigenvalue weighted by molar-refractivity contribution is 7.13. The lowest BCUT2D eigenvalue weighted by Crippen LogP contribution is -2.38. The van der Waals surface area contributed by atoms with Crippen LogP contribution in [-0.4, -0.2) is 22.2 Å². The summed E-state index contributed by atoms with van der Waals surface area (Å²) < 4.78 is 0. The van der Waals surface area contributed by atoms with E-state index in [-0.39, 0.29) is 12.1 Å². The fourth-order valence-electron chi connectivity index (χ4n) is 2.01. The Morgan fingerprint density at radius 1 is 1.57 bits per heavy atom. The van der Waals surface area contributed by atoms with Crippen molar-refractivity contribution >= 4 is 16.5 Å². The number of aliphatic hydroxyl groups excluding tert-OH is 1. The molecular weight excluding hydrogens is 196 g/mol. The first-order chi connectivity index (χ1) is 6.74. The van der Waals surface area contributed by atoms with E-state index < -0.39 is 0 Å². The number of hydrogen-bond acceptors (Lipinski definition) is 4. The quantitative estimate of drug-likeness (QED) is 0.807. The predicted octanol–water partition coefficient (Wildman–Crippen LogP) is 2.17. The molecule has 2 rings (SSSR count). The first-order valence-corrected chi connectivity index (χ1v) is 5.93. The van der Waals surface area contributed by atoms with E-state index in [1.807, 2.05) is 12.3 Å². The molecule has 2 N–H and O–H groups in total. The van der Waals surface area contributed by atoms with E-state index in [9.17, 15) is 5.11 Å². The molecule has 0 aliphatic heterocycles. The van der Waals surface area contributed by atoms with Crippen molar-refractivity contribution in [2.45, 2.75) is 38.1 Å². The summed E-state index contributed by atoms with van der Waals surface area (Å²) in [6.07, 6.45) is 4.53. The van der Waals surface area contributed by atoms with E-state index in [2.05, 4.69) is 10.3 Å². The zero-order chi connectivity index (χ0) is 10.0. The highest BCUT2D eigenvalue weighted by Crippen LogP contribution is 2.33. The molecule has 0 radical (unpaired) electrons. The van der Waals surface area contributed by atoms with Crippen LogP contribution in [0.15, 0.2) is 5.38 Å².